The molecule has 8 heteroatoms. The van der Waals surface area contributed by atoms with Gasteiger partial charge < -0.3 is 4.90 Å². The summed E-state index contributed by atoms with van der Waals surface area (Å²) in [4.78, 5) is 31.5. The van der Waals surface area contributed by atoms with Crippen molar-refractivity contribution < 1.29 is 0 Å². The zero-order valence-electron chi connectivity index (χ0n) is 15.3. The quantitative estimate of drug-likeness (QED) is 0.688. The van der Waals surface area contributed by atoms with Gasteiger partial charge in [0.1, 0.15) is 6.07 Å². The fraction of sp³-hybridized carbons (Fsp3) is 0.300. The summed E-state index contributed by atoms with van der Waals surface area (Å²) in [6, 6.07) is 7.37. The minimum absolute atomic E-state index is 0.0584. The van der Waals surface area contributed by atoms with E-state index in [4.69, 9.17) is 0 Å². The van der Waals surface area contributed by atoms with Gasteiger partial charge in [-0.1, -0.05) is 0 Å². The number of pyridine rings is 1. The maximum absolute atomic E-state index is 12.5. The van der Waals surface area contributed by atoms with Crippen molar-refractivity contribution in [2.24, 2.45) is 5.92 Å². The van der Waals surface area contributed by atoms with Crippen molar-refractivity contribution >= 4 is 5.82 Å². The van der Waals surface area contributed by atoms with Gasteiger partial charge in [-0.05, 0) is 30.9 Å². The van der Waals surface area contributed by atoms with E-state index in [2.05, 4.69) is 30.9 Å². The summed E-state index contributed by atoms with van der Waals surface area (Å²) in [6.07, 6.45) is 9.98. The second-order valence-corrected chi connectivity index (χ2v) is 6.78. The predicted molar refractivity (Wildman–Crippen MR) is 103 cm³/mol. The van der Waals surface area contributed by atoms with Gasteiger partial charge in [0.15, 0.2) is 11.5 Å². The van der Waals surface area contributed by atoms with Crippen LogP contribution in [0.2, 0.25) is 0 Å². The van der Waals surface area contributed by atoms with Gasteiger partial charge in [-0.3, -0.25) is 14.3 Å². The van der Waals surface area contributed by atoms with Crippen LogP contribution >= 0.6 is 0 Å². The van der Waals surface area contributed by atoms with Gasteiger partial charge in [0.2, 0.25) is 0 Å². The number of aromatic nitrogens is 5. The molecule has 0 saturated carbocycles. The Bertz CT molecular complexity index is 1050. The predicted octanol–water partition coefficient (Wildman–Crippen LogP) is 1.88. The Morgan fingerprint density at radius 2 is 1.96 bits per heavy atom. The Morgan fingerprint density at radius 3 is 2.68 bits per heavy atom. The van der Waals surface area contributed by atoms with Crippen molar-refractivity contribution in [2.45, 2.75) is 19.4 Å². The van der Waals surface area contributed by atoms with E-state index in [9.17, 15) is 10.1 Å². The highest BCUT2D eigenvalue weighted by Crippen LogP contribution is 2.24. The Labute approximate surface area is 162 Å². The molecular weight excluding hydrogens is 354 g/mol. The third kappa shape index (κ3) is 3.74. The average molecular weight is 373 g/mol. The SMILES string of the molecule is N#Cc1nccnc1N1CCC(Cn2cnc(-c3cccnc3)cc2=O)CC1. The van der Waals surface area contributed by atoms with Crippen LogP contribution in [0.1, 0.15) is 18.5 Å². The number of hydrogen-bond donors (Lipinski definition) is 0. The smallest absolute Gasteiger partial charge is 0.253 e. The standard InChI is InChI=1S/C20H19N7O/c21-11-18-20(24-7-6-23-18)26-8-3-15(4-9-26)13-27-14-25-17(10-19(27)28)16-2-1-5-22-12-16/h1-2,5-7,10,12,14-15H,3-4,8-9,13H2. The van der Waals surface area contributed by atoms with Crippen LogP contribution in [-0.4, -0.2) is 37.6 Å². The molecule has 140 valence electrons. The number of nitriles is 1. The Balaban J connectivity index is 1.41. The van der Waals surface area contributed by atoms with Crippen LogP contribution in [0, 0.1) is 17.2 Å². The van der Waals surface area contributed by atoms with Crippen molar-refractivity contribution in [3.63, 3.8) is 0 Å². The van der Waals surface area contributed by atoms with Gasteiger partial charge in [0, 0.05) is 56.1 Å². The summed E-state index contributed by atoms with van der Waals surface area (Å²) in [5.74, 6) is 1.02. The molecule has 0 aromatic carbocycles. The molecule has 0 bridgehead atoms. The Morgan fingerprint density at radius 1 is 1.14 bits per heavy atom. The van der Waals surface area contributed by atoms with Gasteiger partial charge in [0.05, 0.1) is 12.0 Å². The van der Waals surface area contributed by atoms with Crippen molar-refractivity contribution in [1.29, 1.82) is 5.26 Å². The fourth-order valence-corrected chi connectivity index (χ4v) is 3.48. The highest BCUT2D eigenvalue weighted by molar-refractivity contribution is 5.56. The summed E-state index contributed by atoms with van der Waals surface area (Å²) in [5, 5.41) is 9.20. The first-order valence-electron chi connectivity index (χ1n) is 9.17. The van der Waals surface area contributed by atoms with E-state index < -0.39 is 0 Å². The molecule has 1 aliphatic rings. The first-order valence-corrected chi connectivity index (χ1v) is 9.17. The monoisotopic (exact) mass is 373 g/mol. The highest BCUT2D eigenvalue weighted by Gasteiger charge is 2.23. The van der Waals surface area contributed by atoms with E-state index in [1.54, 1.807) is 35.6 Å². The molecule has 1 aliphatic heterocycles. The largest absolute Gasteiger partial charge is 0.354 e. The van der Waals surface area contributed by atoms with Gasteiger partial charge in [0.25, 0.3) is 5.56 Å². The molecule has 4 heterocycles. The molecule has 8 nitrogen and oxygen atoms in total. The molecular formula is C20H19N7O. The molecule has 0 spiro atoms. The average Bonchev–Trinajstić information content (AvgIpc) is 2.76. The first kappa shape index (κ1) is 17.8. The molecule has 3 aromatic rings. The van der Waals surface area contributed by atoms with Crippen molar-refractivity contribution in [1.82, 2.24) is 24.5 Å². The number of anilines is 1. The molecule has 0 radical (unpaired) electrons. The molecule has 3 aromatic heterocycles. The van der Waals surface area contributed by atoms with Crippen LogP contribution in [0.5, 0.6) is 0 Å². The lowest BCUT2D eigenvalue weighted by Gasteiger charge is -2.33. The summed E-state index contributed by atoms with van der Waals surface area (Å²) in [6.45, 7) is 2.21. The lowest BCUT2D eigenvalue weighted by Crippen LogP contribution is -2.37. The van der Waals surface area contributed by atoms with E-state index >= 15 is 0 Å². The third-order valence-electron chi connectivity index (χ3n) is 4.99. The minimum atomic E-state index is -0.0584. The highest BCUT2D eigenvalue weighted by atomic mass is 16.1. The summed E-state index contributed by atoms with van der Waals surface area (Å²) in [5.41, 5.74) is 1.76. The van der Waals surface area contributed by atoms with Crippen molar-refractivity contribution in [3.8, 4) is 17.3 Å². The van der Waals surface area contributed by atoms with Crippen LogP contribution in [0.15, 0.2) is 54.1 Å². The van der Waals surface area contributed by atoms with Crippen LogP contribution in [0.4, 0.5) is 5.82 Å². The summed E-state index contributed by atoms with van der Waals surface area (Å²) in [7, 11) is 0. The Hall–Kier alpha value is -3.60. The van der Waals surface area contributed by atoms with Gasteiger partial charge >= 0.3 is 0 Å². The topological polar surface area (TPSA) is 101 Å². The number of piperidine rings is 1. The molecule has 28 heavy (non-hydrogen) atoms. The van der Waals surface area contributed by atoms with E-state index in [1.807, 2.05) is 12.1 Å². The van der Waals surface area contributed by atoms with E-state index in [0.29, 0.717) is 29.7 Å². The number of nitrogens with zero attached hydrogens (tertiary/aromatic N) is 7. The summed E-state index contributed by atoms with van der Waals surface area (Å²) >= 11 is 0. The molecule has 1 saturated heterocycles. The van der Waals surface area contributed by atoms with Crippen LogP contribution < -0.4 is 10.5 Å². The lowest BCUT2D eigenvalue weighted by molar-refractivity contribution is 0.350. The van der Waals surface area contributed by atoms with E-state index in [0.717, 1.165) is 31.5 Å². The van der Waals surface area contributed by atoms with Crippen LogP contribution in [0.25, 0.3) is 11.3 Å². The first-order chi connectivity index (χ1) is 13.7. The molecule has 0 amide bonds. The maximum Gasteiger partial charge on any atom is 0.253 e. The van der Waals surface area contributed by atoms with Gasteiger partial charge in [-0.2, -0.15) is 5.26 Å². The lowest BCUT2D eigenvalue weighted by atomic mass is 9.96. The van der Waals surface area contributed by atoms with Gasteiger partial charge in [-0.15, -0.1) is 0 Å². The van der Waals surface area contributed by atoms with Crippen LogP contribution in [-0.2, 0) is 6.54 Å². The van der Waals surface area contributed by atoms with E-state index in [-0.39, 0.29) is 5.56 Å². The fourth-order valence-electron chi connectivity index (χ4n) is 3.48. The van der Waals surface area contributed by atoms with Gasteiger partial charge in [-0.25, -0.2) is 15.0 Å². The number of rotatable bonds is 4. The molecule has 0 unspecified atom stereocenters. The van der Waals surface area contributed by atoms with Crippen molar-refractivity contribution in [3.05, 3.63) is 65.4 Å². The second-order valence-electron chi connectivity index (χ2n) is 6.78. The Kier molecular flexibility index (Phi) is 5.06. The minimum Gasteiger partial charge on any atom is -0.354 e. The molecule has 0 atom stereocenters. The zero-order chi connectivity index (χ0) is 19.3. The maximum atomic E-state index is 12.5. The normalized spacial score (nSPS) is 14.6. The second kappa shape index (κ2) is 7.96. The number of hydrogen-bond acceptors (Lipinski definition) is 7. The van der Waals surface area contributed by atoms with E-state index in [1.165, 1.54) is 6.20 Å². The van der Waals surface area contributed by atoms with Crippen LogP contribution in [0.3, 0.4) is 0 Å². The molecule has 0 aliphatic carbocycles. The summed E-state index contributed by atoms with van der Waals surface area (Å²) < 4.78 is 1.67. The zero-order valence-corrected chi connectivity index (χ0v) is 15.3. The molecule has 1 fully saturated rings. The molecule has 0 N–H and O–H groups in total. The third-order valence-corrected chi connectivity index (χ3v) is 4.99. The molecule has 4 rings (SSSR count). The van der Waals surface area contributed by atoms with Crippen molar-refractivity contribution in [2.75, 3.05) is 18.0 Å².